The van der Waals surface area contributed by atoms with Crippen LogP contribution >= 0.6 is 0 Å². The monoisotopic (exact) mass is 222 g/mol. The summed E-state index contributed by atoms with van der Waals surface area (Å²) in [5.41, 5.74) is 5.20. The zero-order valence-electron chi connectivity index (χ0n) is 7.58. The summed E-state index contributed by atoms with van der Waals surface area (Å²) in [6, 6.07) is 0. The molecule has 1 aromatic rings. The minimum absolute atomic E-state index is 0.190. The Morgan fingerprint density at radius 1 is 1.60 bits per heavy atom. The van der Waals surface area contributed by atoms with Crippen LogP contribution in [0.5, 0.6) is 0 Å². The van der Waals surface area contributed by atoms with Crippen molar-refractivity contribution in [2.45, 2.75) is 12.7 Å². The lowest BCUT2D eigenvalue weighted by Crippen LogP contribution is -2.21. The standard InChI is InChI=1S/C7H9F3N4O/c8-7(9,10)4-14-3-5(2-12-14)13-6(15)1-11/h2-3H,1,4,11H2,(H,13,15). The average molecular weight is 222 g/mol. The van der Waals surface area contributed by atoms with Gasteiger partial charge in [0.15, 0.2) is 0 Å². The van der Waals surface area contributed by atoms with Gasteiger partial charge in [-0.25, -0.2) is 0 Å². The van der Waals surface area contributed by atoms with Crippen LogP contribution in [0.4, 0.5) is 18.9 Å². The molecule has 0 unspecified atom stereocenters. The molecule has 1 amide bonds. The van der Waals surface area contributed by atoms with Crippen molar-refractivity contribution >= 4 is 11.6 Å². The number of anilines is 1. The van der Waals surface area contributed by atoms with Gasteiger partial charge in [-0.05, 0) is 0 Å². The van der Waals surface area contributed by atoms with Crippen molar-refractivity contribution in [3.63, 3.8) is 0 Å². The fraction of sp³-hybridized carbons (Fsp3) is 0.429. The van der Waals surface area contributed by atoms with E-state index in [1.54, 1.807) is 0 Å². The zero-order valence-corrected chi connectivity index (χ0v) is 7.58. The van der Waals surface area contributed by atoms with Crippen molar-refractivity contribution in [2.24, 2.45) is 5.73 Å². The Hall–Kier alpha value is -1.57. The molecule has 0 bridgehead atoms. The molecule has 8 heteroatoms. The van der Waals surface area contributed by atoms with Gasteiger partial charge in [0.2, 0.25) is 5.91 Å². The molecular formula is C7H9F3N4O. The Morgan fingerprint density at radius 2 is 2.27 bits per heavy atom. The van der Waals surface area contributed by atoms with Gasteiger partial charge in [0.25, 0.3) is 0 Å². The Kier molecular flexibility index (Phi) is 3.30. The van der Waals surface area contributed by atoms with Gasteiger partial charge in [0, 0.05) is 6.20 Å². The Balaban J connectivity index is 2.60. The number of nitrogens with zero attached hydrogens (tertiary/aromatic N) is 2. The van der Waals surface area contributed by atoms with Crippen molar-refractivity contribution in [1.29, 1.82) is 0 Å². The maximum absolute atomic E-state index is 11.9. The lowest BCUT2D eigenvalue weighted by atomic mass is 10.5. The number of halogens is 3. The Morgan fingerprint density at radius 3 is 2.80 bits per heavy atom. The van der Waals surface area contributed by atoms with Crippen molar-refractivity contribution < 1.29 is 18.0 Å². The molecule has 15 heavy (non-hydrogen) atoms. The van der Waals surface area contributed by atoms with Gasteiger partial charge in [-0.15, -0.1) is 0 Å². The SMILES string of the molecule is NCC(=O)Nc1cnn(CC(F)(F)F)c1. The molecule has 0 aromatic carbocycles. The van der Waals surface area contributed by atoms with Crippen molar-refractivity contribution in [3.05, 3.63) is 12.4 Å². The molecule has 1 heterocycles. The molecule has 0 spiro atoms. The first-order valence-corrected chi connectivity index (χ1v) is 4.00. The lowest BCUT2D eigenvalue weighted by Gasteiger charge is -2.05. The molecule has 0 fully saturated rings. The molecular weight excluding hydrogens is 213 g/mol. The number of amides is 1. The number of carbonyl (C=O) groups excluding carboxylic acids is 1. The molecule has 5 nitrogen and oxygen atoms in total. The van der Waals surface area contributed by atoms with Crippen LogP contribution in [0, 0.1) is 0 Å². The molecule has 0 aliphatic heterocycles. The van der Waals surface area contributed by atoms with Gasteiger partial charge in [0.1, 0.15) is 6.54 Å². The fourth-order valence-corrected chi connectivity index (χ4v) is 0.910. The minimum Gasteiger partial charge on any atom is -0.322 e. The van der Waals surface area contributed by atoms with E-state index in [-0.39, 0.29) is 12.2 Å². The van der Waals surface area contributed by atoms with E-state index in [0.29, 0.717) is 4.68 Å². The lowest BCUT2D eigenvalue weighted by molar-refractivity contribution is -0.142. The van der Waals surface area contributed by atoms with Crippen LogP contribution in [0.15, 0.2) is 12.4 Å². The molecule has 0 aliphatic carbocycles. The average Bonchev–Trinajstić information content (AvgIpc) is 2.49. The third-order valence-electron chi connectivity index (χ3n) is 1.44. The maximum Gasteiger partial charge on any atom is 0.408 e. The summed E-state index contributed by atoms with van der Waals surface area (Å²) in [5, 5.41) is 5.71. The van der Waals surface area contributed by atoms with Crippen LogP contribution in [0.2, 0.25) is 0 Å². The zero-order chi connectivity index (χ0) is 11.5. The summed E-state index contributed by atoms with van der Waals surface area (Å²) in [5.74, 6) is -0.485. The molecule has 0 radical (unpaired) electrons. The quantitative estimate of drug-likeness (QED) is 0.774. The van der Waals surface area contributed by atoms with Crippen molar-refractivity contribution in [3.8, 4) is 0 Å². The Bertz CT molecular complexity index is 346. The smallest absolute Gasteiger partial charge is 0.322 e. The molecule has 3 N–H and O–H groups in total. The van der Waals surface area contributed by atoms with Gasteiger partial charge < -0.3 is 11.1 Å². The van der Waals surface area contributed by atoms with Gasteiger partial charge in [-0.1, -0.05) is 0 Å². The normalized spacial score (nSPS) is 11.5. The molecule has 0 aliphatic rings. The van der Waals surface area contributed by atoms with E-state index in [1.807, 2.05) is 0 Å². The van der Waals surface area contributed by atoms with E-state index in [0.717, 1.165) is 12.4 Å². The van der Waals surface area contributed by atoms with Crippen LogP contribution in [0.3, 0.4) is 0 Å². The molecule has 0 saturated carbocycles. The number of hydrogen-bond acceptors (Lipinski definition) is 3. The highest BCUT2D eigenvalue weighted by Crippen LogP contribution is 2.17. The number of hydrogen-bond donors (Lipinski definition) is 2. The highest BCUT2D eigenvalue weighted by molar-refractivity contribution is 5.91. The number of nitrogens with one attached hydrogen (secondary N) is 1. The van der Waals surface area contributed by atoms with E-state index < -0.39 is 18.6 Å². The van der Waals surface area contributed by atoms with Gasteiger partial charge in [-0.2, -0.15) is 18.3 Å². The predicted octanol–water partition coefficient (Wildman–Crippen LogP) is 0.343. The Labute approximate surface area is 83.0 Å². The van der Waals surface area contributed by atoms with E-state index in [4.69, 9.17) is 5.73 Å². The van der Waals surface area contributed by atoms with Crippen LogP contribution in [0.1, 0.15) is 0 Å². The van der Waals surface area contributed by atoms with E-state index in [1.165, 1.54) is 0 Å². The van der Waals surface area contributed by atoms with Crippen LogP contribution in [-0.2, 0) is 11.3 Å². The highest BCUT2D eigenvalue weighted by Gasteiger charge is 2.28. The second-order valence-corrected chi connectivity index (χ2v) is 2.79. The largest absolute Gasteiger partial charge is 0.408 e. The second-order valence-electron chi connectivity index (χ2n) is 2.79. The van der Waals surface area contributed by atoms with E-state index >= 15 is 0 Å². The van der Waals surface area contributed by atoms with Crippen LogP contribution in [0.25, 0.3) is 0 Å². The predicted molar refractivity (Wildman–Crippen MR) is 46.0 cm³/mol. The highest BCUT2D eigenvalue weighted by atomic mass is 19.4. The summed E-state index contributed by atoms with van der Waals surface area (Å²) < 4.78 is 36.4. The van der Waals surface area contributed by atoms with E-state index in [2.05, 4.69) is 10.4 Å². The van der Waals surface area contributed by atoms with Crippen LogP contribution in [-0.4, -0.2) is 28.4 Å². The summed E-state index contributed by atoms with van der Waals surface area (Å²) >= 11 is 0. The second kappa shape index (κ2) is 4.30. The molecule has 0 saturated heterocycles. The molecule has 0 atom stereocenters. The topological polar surface area (TPSA) is 72.9 Å². The third-order valence-corrected chi connectivity index (χ3v) is 1.44. The summed E-state index contributed by atoms with van der Waals surface area (Å²) in [4.78, 5) is 10.8. The van der Waals surface area contributed by atoms with Crippen molar-refractivity contribution in [1.82, 2.24) is 9.78 Å². The number of nitrogens with two attached hydrogens (primary N) is 1. The molecule has 1 rings (SSSR count). The summed E-state index contributed by atoms with van der Waals surface area (Å²) in [6.45, 7) is -1.42. The van der Waals surface area contributed by atoms with Gasteiger partial charge in [-0.3, -0.25) is 9.48 Å². The van der Waals surface area contributed by atoms with Crippen molar-refractivity contribution in [2.75, 3.05) is 11.9 Å². The maximum atomic E-state index is 11.9. The number of rotatable bonds is 3. The first-order chi connectivity index (χ1) is 6.90. The molecule has 84 valence electrons. The number of carbonyl (C=O) groups is 1. The first kappa shape index (κ1) is 11.5. The van der Waals surface area contributed by atoms with Crippen LogP contribution < -0.4 is 11.1 Å². The third kappa shape index (κ3) is 3.98. The summed E-state index contributed by atoms with van der Waals surface area (Å²) in [7, 11) is 0. The van der Waals surface area contributed by atoms with Gasteiger partial charge in [0.05, 0.1) is 18.4 Å². The molecule has 1 aromatic heterocycles. The number of alkyl halides is 3. The number of aromatic nitrogens is 2. The minimum atomic E-state index is -4.33. The van der Waals surface area contributed by atoms with Gasteiger partial charge >= 0.3 is 6.18 Å². The summed E-state index contributed by atoms with van der Waals surface area (Å²) in [6.07, 6.45) is -2.12. The first-order valence-electron chi connectivity index (χ1n) is 4.00. The fourth-order valence-electron chi connectivity index (χ4n) is 0.910. The van der Waals surface area contributed by atoms with E-state index in [9.17, 15) is 18.0 Å².